The minimum Gasteiger partial charge on any atom is -0.479 e. The monoisotopic (exact) mass is 459 g/mol. The molecule has 0 aliphatic carbocycles. The minimum atomic E-state index is 0.359. The molecule has 166 valence electrons. The van der Waals surface area contributed by atoms with Crippen LogP contribution in [-0.4, -0.2) is 36.2 Å². The first kappa shape index (κ1) is 21.0. The van der Waals surface area contributed by atoms with Gasteiger partial charge in [-0.2, -0.15) is 0 Å². The highest BCUT2D eigenvalue weighted by molar-refractivity contribution is 6.33. The van der Waals surface area contributed by atoms with Crippen LogP contribution in [0.15, 0.2) is 48.9 Å². The lowest BCUT2D eigenvalue weighted by molar-refractivity contribution is 0.396. The normalized spacial score (nSPS) is 11.3. The average Bonchev–Trinajstić information content (AvgIpc) is 3.38. The predicted molar refractivity (Wildman–Crippen MR) is 130 cm³/mol. The summed E-state index contributed by atoms with van der Waals surface area (Å²) in [5.41, 5.74) is 12.5. The van der Waals surface area contributed by atoms with Crippen molar-refractivity contribution in [1.82, 2.24) is 29.1 Å². The molecule has 0 aliphatic heterocycles. The van der Waals surface area contributed by atoms with Crippen molar-refractivity contribution in [2.24, 2.45) is 7.05 Å². The maximum Gasteiger partial charge on any atom is 0.238 e. The van der Waals surface area contributed by atoms with E-state index in [2.05, 4.69) is 9.97 Å². The Morgan fingerprint density at radius 2 is 1.82 bits per heavy atom. The number of benzene rings is 1. The molecule has 4 aromatic heterocycles. The molecule has 0 spiro atoms. The highest BCUT2D eigenvalue weighted by Crippen LogP contribution is 2.38. The first-order valence-corrected chi connectivity index (χ1v) is 10.7. The van der Waals surface area contributed by atoms with E-state index < -0.39 is 0 Å². The molecule has 0 unspecified atom stereocenters. The highest BCUT2D eigenvalue weighted by Gasteiger charge is 2.22. The number of imidazole rings is 2. The number of anilines is 1. The van der Waals surface area contributed by atoms with E-state index >= 15 is 0 Å². The molecule has 33 heavy (non-hydrogen) atoms. The summed E-state index contributed by atoms with van der Waals surface area (Å²) in [7, 11) is 3.54. The predicted octanol–water partition coefficient (Wildman–Crippen LogP) is 4.74. The van der Waals surface area contributed by atoms with Gasteiger partial charge in [0.1, 0.15) is 17.0 Å². The summed E-state index contributed by atoms with van der Waals surface area (Å²) in [5.74, 6) is 1.54. The van der Waals surface area contributed by atoms with E-state index in [0.717, 1.165) is 33.7 Å². The van der Waals surface area contributed by atoms with Crippen molar-refractivity contribution >= 4 is 28.5 Å². The fraction of sp³-hybridized carbons (Fsp3) is 0.167. The van der Waals surface area contributed by atoms with E-state index in [9.17, 15) is 0 Å². The molecule has 0 amide bonds. The van der Waals surface area contributed by atoms with Gasteiger partial charge in [0, 0.05) is 24.4 Å². The lowest BCUT2D eigenvalue weighted by atomic mass is 10.1. The molecule has 0 saturated heterocycles. The van der Waals surface area contributed by atoms with Gasteiger partial charge in [-0.3, -0.25) is 0 Å². The van der Waals surface area contributed by atoms with Crippen LogP contribution in [-0.2, 0) is 7.05 Å². The van der Waals surface area contributed by atoms with Crippen molar-refractivity contribution in [3.05, 3.63) is 65.3 Å². The van der Waals surface area contributed by atoms with Crippen molar-refractivity contribution in [3.63, 3.8) is 0 Å². The number of aryl methyl sites for hydroxylation is 3. The number of hydrogen-bond acceptors (Lipinski definition) is 6. The number of nitrogens with two attached hydrogens (primary N) is 1. The molecule has 0 atom stereocenters. The maximum atomic E-state index is 6.47. The van der Waals surface area contributed by atoms with Gasteiger partial charge in [-0.1, -0.05) is 23.7 Å². The van der Waals surface area contributed by atoms with Gasteiger partial charge in [0.15, 0.2) is 5.82 Å². The van der Waals surface area contributed by atoms with Gasteiger partial charge >= 0.3 is 0 Å². The van der Waals surface area contributed by atoms with Gasteiger partial charge < -0.3 is 19.6 Å². The quantitative estimate of drug-likeness (QED) is 0.416. The summed E-state index contributed by atoms with van der Waals surface area (Å²) in [6, 6.07) is 11.5. The van der Waals surface area contributed by atoms with Gasteiger partial charge in [-0.05, 0) is 38.1 Å². The van der Waals surface area contributed by atoms with Crippen molar-refractivity contribution in [1.29, 1.82) is 0 Å². The molecule has 8 nitrogen and oxygen atoms in total. The largest absolute Gasteiger partial charge is 0.479 e. The van der Waals surface area contributed by atoms with Crippen LogP contribution in [0.25, 0.3) is 39.4 Å². The summed E-state index contributed by atoms with van der Waals surface area (Å²) < 4.78 is 9.49. The number of halogens is 1. The Morgan fingerprint density at radius 1 is 1.03 bits per heavy atom. The van der Waals surface area contributed by atoms with Crippen molar-refractivity contribution < 1.29 is 4.74 Å². The third kappa shape index (κ3) is 3.39. The van der Waals surface area contributed by atoms with E-state index in [1.54, 1.807) is 13.4 Å². The zero-order chi connectivity index (χ0) is 23.3. The van der Waals surface area contributed by atoms with Gasteiger partial charge in [0.2, 0.25) is 5.88 Å². The standard InChI is InChI=1S/C24H22ClN7O/c1-13-11-32(12-27-13)18-10-9-17(29-24(18)33-4)19-14(2)28-22(26)20-21(19)31(3)23(30-20)15-7-5-6-8-16(15)25/h5-12H,1-4H3,(H2,26,28). The smallest absolute Gasteiger partial charge is 0.238 e. The number of pyridine rings is 2. The molecule has 0 bridgehead atoms. The van der Waals surface area contributed by atoms with Gasteiger partial charge in [-0.25, -0.2) is 19.9 Å². The van der Waals surface area contributed by atoms with Crippen molar-refractivity contribution in [3.8, 4) is 34.2 Å². The van der Waals surface area contributed by atoms with E-state index in [-0.39, 0.29) is 0 Å². The Kier molecular flexibility index (Phi) is 5.02. The van der Waals surface area contributed by atoms with Crippen molar-refractivity contribution in [2.45, 2.75) is 13.8 Å². The Bertz CT molecular complexity index is 1520. The number of nitrogen functional groups attached to an aromatic ring is 1. The molecule has 2 N–H and O–H groups in total. The maximum absolute atomic E-state index is 6.47. The van der Waals surface area contributed by atoms with Crippen LogP contribution in [0.4, 0.5) is 5.82 Å². The first-order valence-electron chi connectivity index (χ1n) is 10.3. The first-order chi connectivity index (χ1) is 15.9. The summed E-state index contributed by atoms with van der Waals surface area (Å²) in [6.45, 7) is 3.85. The van der Waals surface area contributed by atoms with Gasteiger partial charge in [-0.15, -0.1) is 0 Å². The number of ether oxygens (including phenoxy) is 1. The van der Waals surface area contributed by atoms with Crippen LogP contribution in [0.1, 0.15) is 11.4 Å². The van der Waals surface area contributed by atoms with Crippen LogP contribution < -0.4 is 10.5 Å². The van der Waals surface area contributed by atoms with Gasteiger partial charge in [0.05, 0.1) is 41.1 Å². The molecular formula is C24H22ClN7O. The number of methoxy groups -OCH3 is 1. The second-order valence-corrected chi connectivity index (χ2v) is 8.18. The Labute approximate surface area is 195 Å². The number of nitrogens with zero attached hydrogens (tertiary/aromatic N) is 6. The average molecular weight is 460 g/mol. The number of aromatic nitrogens is 6. The fourth-order valence-corrected chi connectivity index (χ4v) is 4.31. The number of hydrogen-bond donors (Lipinski definition) is 1. The highest BCUT2D eigenvalue weighted by atomic mass is 35.5. The molecule has 0 aliphatic rings. The van der Waals surface area contributed by atoms with Crippen LogP contribution in [0, 0.1) is 13.8 Å². The van der Waals surface area contributed by atoms with E-state index in [4.69, 9.17) is 32.0 Å². The summed E-state index contributed by atoms with van der Waals surface area (Å²) in [6.07, 6.45) is 3.66. The second-order valence-electron chi connectivity index (χ2n) is 7.78. The van der Waals surface area contributed by atoms with Gasteiger partial charge in [0.25, 0.3) is 0 Å². The number of rotatable bonds is 4. The van der Waals surface area contributed by atoms with Crippen molar-refractivity contribution in [2.75, 3.05) is 12.8 Å². The van der Waals surface area contributed by atoms with E-state index in [0.29, 0.717) is 33.8 Å². The Balaban J connectivity index is 1.76. The van der Waals surface area contributed by atoms with Crippen LogP contribution in [0.2, 0.25) is 5.02 Å². The van der Waals surface area contributed by atoms with Crippen LogP contribution in [0.3, 0.4) is 0 Å². The lowest BCUT2D eigenvalue weighted by Gasteiger charge is -2.13. The van der Waals surface area contributed by atoms with E-state index in [1.165, 1.54) is 0 Å². The van der Waals surface area contributed by atoms with Crippen LogP contribution >= 0.6 is 11.6 Å². The summed E-state index contributed by atoms with van der Waals surface area (Å²) in [4.78, 5) is 18.5. The third-order valence-electron chi connectivity index (χ3n) is 5.62. The molecule has 5 rings (SSSR count). The molecule has 5 aromatic rings. The molecular weight excluding hydrogens is 438 g/mol. The fourth-order valence-electron chi connectivity index (χ4n) is 4.09. The summed E-state index contributed by atoms with van der Waals surface area (Å²) >= 11 is 6.47. The zero-order valence-corrected chi connectivity index (χ0v) is 19.4. The summed E-state index contributed by atoms with van der Waals surface area (Å²) in [5, 5.41) is 0.612. The Hall–Kier alpha value is -3.91. The molecule has 0 fully saturated rings. The minimum absolute atomic E-state index is 0.359. The molecule has 0 saturated carbocycles. The molecule has 1 aromatic carbocycles. The molecule has 9 heteroatoms. The van der Waals surface area contributed by atoms with Crippen LogP contribution in [0.5, 0.6) is 5.88 Å². The topological polar surface area (TPSA) is 96.7 Å². The molecule has 0 radical (unpaired) electrons. The number of fused-ring (bicyclic) bond motifs is 1. The second kappa shape index (κ2) is 7.90. The SMILES string of the molecule is COc1nc(-c2c(C)nc(N)c3nc(-c4ccccc4Cl)n(C)c23)ccc1-n1cnc(C)c1. The third-order valence-corrected chi connectivity index (χ3v) is 5.95. The molecule has 4 heterocycles. The zero-order valence-electron chi connectivity index (χ0n) is 18.7. The van der Waals surface area contributed by atoms with E-state index in [1.807, 2.05) is 72.6 Å². The lowest BCUT2D eigenvalue weighted by Crippen LogP contribution is -2.03. The Morgan fingerprint density at radius 3 is 2.52 bits per heavy atom.